The Morgan fingerprint density at radius 3 is 2.79 bits per heavy atom. The molecule has 0 amide bonds. The highest BCUT2D eigenvalue weighted by Crippen LogP contribution is 2.21. The van der Waals surface area contributed by atoms with Gasteiger partial charge in [0.05, 0.1) is 0 Å². The number of pyridine rings is 1. The van der Waals surface area contributed by atoms with Gasteiger partial charge in [0, 0.05) is 10.8 Å². The third kappa shape index (κ3) is 1.04. The van der Waals surface area contributed by atoms with Crippen molar-refractivity contribution in [2.75, 3.05) is 0 Å². The maximum Gasteiger partial charge on any atom is 0.396 e. The number of aromatic nitrogens is 1. The van der Waals surface area contributed by atoms with Gasteiger partial charge in [-0.05, 0) is 6.07 Å². The lowest BCUT2D eigenvalue weighted by molar-refractivity contribution is -0.612. The quantitative estimate of drug-likeness (QED) is 0.493. The lowest BCUT2D eigenvalue weighted by Gasteiger charge is -2.02. The highest BCUT2D eigenvalue weighted by molar-refractivity contribution is 5.87. The Morgan fingerprint density at radius 1 is 1.36 bits per heavy atom. The van der Waals surface area contributed by atoms with Crippen LogP contribution in [0.2, 0.25) is 0 Å². The molecule has 1 aromatic heterocycles. The molecule has 0 radical (unpaired) electrons. The number of nitriles is 1. The van der Waals surface area contributed by atoms with Gasteiger partial charge >= 0.3 is 5.88 Å². The largest absolute Gasteiger partial charge is 0.616 e. The molecular weight excluding hydrogens is 180 g/mol. The van der Waals surface area contributed by atoms with E-state index in [4.69, 9.17) is 5.26 Å². The third-order valence-corrected chi connectivity index (χ3v) is 2.03. The van der Waals surface area contributed by atoms with Crippen LogP contribution in [-0.4, -0.2) is 5.11 Å². The van der Waals surface area contributed by atoms with E-state index in [1.165, 1.54) is 6.20 Å². The van der Waals surface area contributed by atoms with Crippen LogP contribution in [0.3, 0.4) is 0 Å². The Labute approximate surface area is 79.8 Å². The van der Waals surface area contributed by atoms with Gasteiger partial charge < -0.3 is 10.3 Å². The molecule has 1 N–H and O–H groups in total. The summed E-state index contributed by atoms with van der Waals surface area (Å²) in [6, 6.07) is 8.72. The number of hydrogen-bond donors (Lipinski definition) is 1. The van der Waals surface area contributed by atoms with Gasteiger partial charge in [-0.3, -0.25) is 0 Å². The minimum Gasteiger partial charge on any atom is -0.616 e. The van der Waals surface area contributed by atoms with Crippen molar-refractivity contribution in [3.63, 3.8) is 0 Å². The number of hydrogen-bond acceptors (Lipinski definition) is 3. The molecule has 68 valence electrons. The van der Waals surface area contributed by atoms with Crippen LogP contribution in [0.5, 0.6) is 5.88 Å². The fourth-order valence-corrected chi connectivity index (χ4v) is 1.37. The molecule has 0 unspecified atom stereocenters. The Kier molecular flexibility index (Phi) is 1.72. The van der Waals surface area contributed by atoms with E-state index in [0.29, 0.717) is 15.5 Å². The first-order valence-corrected chi connectivity index (χ1v) is 3.98. The summed E-state index contributed by atoms with van der Waals surface area (Å²) in [7, 11) is 0. The van der Waals surface area contributed by atoms with Crippen LogP contribution >= 0.6 is 0 Å². The van der Waals surface area contributed by atoms with Gasteiger partial charge in [-0.2, -0.15) is 5.26 Å². The zero-order valence-corrected chi connectivity index (χ0v) is 7.14. The highest BCUT2D eigenvalue weighted by Gasteiger charge is 2.15. The van der Waals surface area contributed by atoms with Gasteiger partial charge in [0.15, 0.2) is 11.8 Å². The van der Waals surface area contributed by atoms with Gasteiger partial charge in [0.2, 0.25) is 0 Å². The molecule has 0 fully saturated rings. The van der Waals surface area contributed by atoms with Gasteiger partial charge in [-0.25, -0.2) is 0 Å². The van der Waals surface area contributed by atoms with E-state index in [0.717, 1.165) is 0 Å². The molecule has 0 aliphatic rings. The van der Waals surface area contributed by atoms with Crippen LogP contribution in [0.15, 0.2) is 30.5 Å². The summed E-state index contributed by atoms with van der Waals surface area (Å²) in [6.07, 6.45) is 1.24. The molecule has 2 aromatic rings. The molecule has 0 atom stereocenters. The van der Waals surface area contributed by atoms with Crippen LogP contribution in [0.25, 0.3) is 10.8 Å². The summed E-state index contributed by atoms with van der Waals surface area (Å²) in [6.45, 7) is 0. The minimum absolute atomic E-state index is 0.0121. The predicted octanol–water partition coefficient (Wildman–Crippen LogP) is 1.05. The zero-order chi connectivity index (χ0) is 10.1. The molecule has 1 heterocycles. The number of rotatable bonds is 0. The molecule has 0 aliphatic heterocycles. The fraction of sp³-hybridized carbons (Fsp3) is 0. The predicted molar refractivity (Wildman–Crippen MR) is 49.3 cm³/mol. The Morgan fingerprint density at radius 2 is 2.07 bits per heavy atom. The van der Waals surface area contributed by atoms with Crippen molar-refractivity contribution in [1.82, 2.24) is 0 Å². The van der Waals surface area contributed by atoms with E-state index < -0.39 is 5.88 Å². The molecule has 4 nitrogen and oxygen atoms in total. The molecule has 1 aromatic carbocycles. The maximum atomic E-state index is 11.1. The summed E-state index contributed by atoms with van der Waals surface area (Å²) in [5.74, 6) is -0.550. The Hall–Kier alpha value is -2.28. The van der Waals surface area contributed by atoms with Gasteiger partial charge in [-0.1, -0.05) is 18.2 Å². The van der Waals surface area contributed by atoms with Crippen molar-refractivity contribution in [3.8, 4) is 11.9 Å². The Balaban J connectivity index is 2.98. The molecule has 0 aliphatic carbocycles. The van der Waals surface area contributed by atoms with E-state index in [1.54, 1.807) is 24.3 Å². The summed E-state index contributed by atoms with van der Waals surface area (Å²) in [4.78, 5) is 0. The standard InChI is InChI=1S/C10H6N2O2/c11-5-9-8-4-2-1-3-7(8)6-12(14)10(9)13/h1-4,6,13H. The molecule has 4 heteroatoms. The average Bonchev–Trinajstić information content (AvgIpc) is 2.20. The van der Waals surface area contributed by atoms with Crippen molar-refractivity contribution in [1.29, 1.82) is 5.26 Å². The molecule has 2 rings (SSSR count). The van der Waals surface area contributed by atoms with Gasteiger partial charge in [-0.15, -0.1) is 4.73 Å². The molecule has 14 heavy (non-hydrogen) atoms. The van der Waals surface area contributed by atoms with E-state index in [-0.39, 0.29) is 5.56 Å². The van der Waals surface area contributed by atoms with Crippen molar-refractivity contribution in [2.24, 2.45) is 0 Å². The molecular formula is C10H6N2O2. The number of benzene rings is 1. The zero-order valence-electron chi connectivity index (χ0n) is 7.14. The first-order chi connectivity index (χ1) is 6.74. The first-order valence-electron chi connectivity index (χ1n) is 3.98. The van der Waals surface area contributed by atoms with E-state index >= 15 is 0 Å². The van der Waals surface area contributed by atoms with Crippen molar-refractivity contribution < 1.29 is 9.84 Å². The molecule has 0 saturated carbocycles. The van der Waals surface area contributed by atoms with Gasteiger partial charge in [0.25, 0.3) is 0 Å². The SMILES string of the molecule is N#Cc1c(O)[n+]([O-])cc2ccccc12. The normalized spacial score (nSPS) is 9.93. The van der Waals surface area contributed by atoms with Crippen molar-refractivity contribution >= 4 is 10.8 Å². The first kappa shape index (κ1) is 8.32. The lowest BCUT2D eigenvalue weighted by Crippen LogP contribution is -2.26. The summed E-state index contributed by atoms with van der Waals surface area (Å²) in [5, 5.41) is 30.4. The number of aromatic hydroxyl groups is 1. The molecule has 0 bridgehead atoms. The van der Waals surface area contributed by atoms with Crippen LogP contribution < -0.4 is 4.73 Å². The van der Waals surface area contributed by atoms with Crippen molar-refractivity contribution in [3.05, 3.63) is 41.2 Å². The average molecular weight is 186 g/mol. The highest BCUT2D eigenvalue weighted by atomic mass is 16.5. The van der Waals surface area contributed by atoms with Crippen LogP contribution in [-0.2, 0) is 0 Å². The van der Waals surface area contributed by atoms with Crippen LogP contribution in [0.1, 0.15) is 5.56 Å². The summed E-state index contributed by atoms with van der Waals surface area (Å²) in [5.41, 5.74) is 0.0121. The second-order valence-corrected chi connectivity index (χ2v) is 2.85. The second kappa shape index (κ2) is 2.89. The second-order valence-electron chi connectivity index (χ2n) is 2.85. The smallest absolute Gasteiger partial charge is 0.396 e. The lowest BCUT2D eigenvalue weighted by atomic mass is 10.1. The van der Waals surface area contributed by atoms with E-state index in [9.17, 15) is 10.3 Å². The molecule has 0 saturated heterocycles. The van der Waals surface area contributed by atoms with Crippen LogP contribution in [0, 0.1) is 16.5 Å². The third-order valence-electron chi connectivity index (χ3n) is 2.03. The maximum absolute atomic E-state index is 11.1. The number of nitrogens with zero attached hydrogens (tertiary/aromatic N) is 2. The van der Waals surface area contributed by atoms with E-state index in [1.807, 2.05) is 6.07 Å². The van der Waals surface area contributed by atoms with E-state index in [2.05, 4.69) is 0 Å². The topological polar surface area (TPSA) is 71.0 Å². The summed E-state index contributed by atoms with van der Waals surface area (Å²) >= 11 is 0. The summed E-state index contributed by atoms with van der Waals surface area (Å²) < 4.78 is 0.293. The Bertz CT molecular complexity index is 544. The van der Waals surface area contributed by atoms with Crippen LogP contribution in [0.4, 0.5) is 0 Å². The number of fused-ring (bicyclic) bond motifs is 1. The van der Waals surface area contributed by atoms with Crippen molar-refractivity contribution in [2.45, 2.75) is 0 Å². The minimum atomic E-state index is -0.550. The molecule has 0 spiro atoms. The monoisotopic (exact) mass is 186 g/mol. The fourth-order valence-electron chi connectivity index (χ4n) is 1.37. The van der Waals surface area contributed by atoms with Gasteiger partial charge in [0.1, 0.15) is 6.07 Å².